The average Bonchev–Trinajstić information content (AvgIpc) is 3.25. The maximum Gasteiger partial charge on any atom is 0.419 e. The first-order valence-electron chi connectivity index (χ1n) is 10.8. The molecule has 2 aliphatic rings. The van der Waals surface area contributed by atoms with Crippen molar-refractivity contribution in [1.82, 2.24) is 9.97 Å². The predicted molar refractivity (Wildman–Crippen MR) is 115 cm³/mol. The van der Waals surface area contributed by atoms with Crippen LogP contribution in [0.25, 0.3) is 10.9 Å². The van der Waals surface area contributed by atoms with Gasteiger partial charge in [0, 0.05) is 42.7 Å². The van der Waals surface area contributed by atoms with Crippen molar-refractivity contribution in [3.8, 4) is 0 Å². The second kappa shape index (κ2) is 7.67. The van der Waals surface area contributed by atoms with Crippen molar-refractivity contribution in [2.45, 2.75) is 31.4 Å². The Hall–Kier alpha value is -3.23. The van der Waals surface area contributed by atoms with Gasteiger partial charge in [0.2, 0.25) is 5.91 Å². The van der Waals surface area contributed by atoms with Crippen molar-refractivity contribution in [2.75, 3.05) is 18.0 Å². The first-order valence-corrected chi connectivity index (χ1v) is 10.8. The molecular weight excluding hydrogens is 436 g/mol. The van der Waals surface area contributed by atoms with E-state index in [2.05, 4.69) is 4.98 Å². The molecule has 33 heavy (non-hydrogen) atoms. The van der Waals surface area contributed by atoms with Crippen molar-refractivity contribution in [3.05, 3.63) is 65.9 Å². The van der Waals surface area contributed by atoms with Crippen molar-refractivity contribution in [2.24, 2.45) is 17.1 Å². The van der Waals surface area contributed by atoms with E-state index < -0.39 is 28.9 Å². The number of nitrogens with two attached hydrogens (primary N) is 1. The van der Waals surface area contributed by atoms with Crippen LogP contribution >= 0.6 is 0 Å². The number of aromatic nitrogens is 2. The Morgan fingerprint density at radius 1 is 1.21 bits per heavy atom. The van der Waals surface area contributed by atoms with Crippen molar-refractivity contribution < 1.29 is 22.4 Å². The molecule has 172 valence electrons. The molecule has 1 amide bonds. The predicted octanol–water partition coefficient (Wildman–Crippen LogP) is 4.66. The summed E-state index contributed by atoms with van der Waals surface area (Å²) in [6.07, 6.45) is -1.44. The highest BCUT2D eigenvalue weighted by Gasteiger charge is 2.62. The number of benzene rings is 2. The van der Waals surface area contributed by atoms with E-state index in [0.717, 1.165) is 23.0 Å². The molecule has 3 atom stereocenters. The third-order valence-electron chi connectivity index (χ3n) is 7.06. The Morgan fingerprint density at radius 2 is 2.00 bits per heavy atom. The first kappa shape index (κ1) is 21.6. The monoisotopic (exact) mass is 458 g/mol. The van der Waals surface area contributed by atoms with Gasteiger partial charge in [0.1, 0.15) is 11.6 Å². The number of carbonyl (C=O) groups excluding carboxylic acids is 1. The highest BCUT2D eigenvalue weighted by atomic mass is 19.4. The number of rotatable bonds is 5. The normalized spacial score (nSPS) is 24.9. The smallest absolute Gasteiger partial charge is 0.371 e. The fourth-order valence-electron chi connectivity index (χ4n) is 5.33. The van der Waals surface area contributed by atoms with E-state index in [9.17, 15) is 22.4 Å². The second-order valence-electron chi connectivity index (χ2n) is 9.01. The molecule has 2 aromatic carbocycles. The van der Waals surface area contributed by atoms with Crippen LogP contribution in [0.2, 0.25) is 0 Å². The number of carbonyl (C=O) groups is 1. The minimum absolute atomic E-state index is 0.0319. The standard InChI is InChI=1S/C24H22F4N4O/c25-19-6-5-16(9-17(19)24(26,27)28)32-8-7-15(13-32)23(11-21(29)33)10-18(23)22-30-12-14-3-1-2-4-20(14)31-22/h1-6,9,12,15,18H,7-8,10-11,13H2,(H2,29,33)/t15-,18?,23?/m0/s1. The number of amides is 1. The molecule has 0 radical (unpaired) electrons. The van der Waals surface area contributed by atoms with E-state index in [4.69, 9.17) is 10.7 Å². The summed E-state index contributed by atoms with van der Waals surface area (Å²) in [5, 5.41) is 0.922. The van der Waals surface area contributed by atoms with Crippen LogP contribution < -0.4 is 10.6 Å². The van der Waals surface area contributed by atoms with Crippen LogP contribution in [0.3, 0.4) is 0 Å². The molecule has 0 bridgehead atoms. The number of anilines is 1. The number of nitrogens with zero attached hydrogens (tertiary/aromatic N) is 3. The van der Waals surface area contributed by atoms with E-state index >= 15 is 0 Å². The number of fused-ring (bicyclic) bond motifs is 1. The minimum atomic E-state index is -4.76. The van der Waals surface area contributed by atoms with Crippen LogP contribution in [0, 0.1) is 17.2 Å². The summed E-state index contributed by atoms with van der Waals surface area (Å²) in [5.74, 6) is -1.06. The van der Waals surface area contributed by atoms with Crippen LogP contribution in [0.15, 0.2) is 48.7 Å². The molecule has 2 unspecified atom stereocenters. The van der Waals surface area contributed by atoms with Gasteiger partial charge in [-0.05, 0) is 48.4 Å². The number of halogens is 4. The van der Waals surface area contributed by atoms with E-state index in [-0.39, 0.29) is 18.3 Å². The molecule has 5 nitrogen and oxygen atoms in total. The summed E-state index contributed by atoms with van der Waals surface area (Å²) in [6, 6.07) is 10.7. The maximum atomic E-state index is 13.7. The van der Waals surface area contributed by atoms with Crippen molar-refractivity contribution in [3.63, 3.8) is 0 Å². The molecule has 2 N–H and O–H groups in total. The Morgan fingerprint density at radius 3 is 2.76 bits per heavy atom. The van der Waals surface area contributed by atoms with Gasteiger partial charge >= 0.3 is 6.18 Å². The van der Waals surface area contributed by atoms with Crippen LogP contribution in [-0.4, -0.2) is 29.0 Å². The second-order valence-corrected chi connectivity index (χ2v) is 9.01. The molecule has 2 heterocycles. The minimum Gasteiger partial charge on any atom is -0.371 e. The number of hydrogen-bond donors (Lipinski definition) is 1. The van der Waals surface area contributed by atoms with Gasteiger partial charge in [0.25, 0.3) is 0 Å². The van der Waals surface area contributed by atoms with Crippen molar-refractivity contribution >= 4 is 22.5 Å². The summed E-state index contributed by atoms with van der Waals surface area (Å²) in [4.78, 5) is 23.0. The topological polar surface area (TPSA) is 72.1 Å². The van der Waals surface area contributed by atoms with Crippen LogP contribution in [-0.2, 0) is 11.0 Å². The molecular formula is C24H22F4N4O. The lowest BCUT2D eigenvalue weighted by Gasteiger charge is -2.25. The molecule has 0 spiro atoms. The van der Waals surface area contributed by atoms with Crippen LogP contribution in [0.4, 0.5) is 23.2 Å². The van der Waals surface area contributed by atoms with Gasteiger partial charge in [-0.2, -0.15) is 13.2 Å². The fraction of sp³-hybridized carbons (Fsp3) is 0.375. The molecule has 1 aromatic heterocycles. The van der Waals surface area contributed by atoms with Gasteiger partial charge in [-0.1, -0.05) is 18.2 Å². The van der Waals surface area contributed by atoms with E-state index in [0.29, 0.717) is 37.4 Å². The van der Waals surface area contributed by atoms with E-state index in [1.54, 1.807) is 6.20 Å². The summed E-state index contributed by atoms with van der Waals surface area (Å²) in [7, 11) is 0. The lowest BCUT2D eigenvalue weighted by atomic mass is 9.82. The Bertz CT molecular complexity index is 1230. The van der Waals surface area contributed by atoms with Gasteiger partial charge < -0.3 is 10.6 Å². The zero-order chi connectivity index (χ0) is 23.4. The molecule has 1 saturated heterocycles. The van der Waals surface area contributed by atoms with Gasteiger partial charge in [0.15, 0.2) is 0 Å². The molecule has 5 rings (SSSR count). The van der Waals surface area contributed by atoms with E-state index in [1.165, 1.54) is 6.07 Å². The zero-order valence-electron chi connectivity index (χ0n) is 17.6. The summed E-state index contributed by atoms with van der Waals surface area (Å²) in [5.41, 5.74) is 5.03. The van der Waals surface area contributed by atoms with Crippen molar-refractivity contribution in [1.29, 1.82) is 0 Å². The molecule has 3 aromatic rings. The van der Waals surface area contributed by atoms with Gasteiger partial charge in [-0.3, -0.25) is 4.79 Å². The third kappa shape index (κ3) is 3.89. The number of para-hydroxylation sites is 1. The maximum absolute atomic E-state index is 13.7. The molecule has 2 fully saturated rings. The quantitative estimate of drug-likeness (QED) is 0.565. The van der Waals surface area contributed by atoms with Gasteiger partial charge in [-0.15, -0.1) is 0 Å². The van der Waals surface area contributed by atoms with E-state index in [1.807, 2.05) is 29.2 Å². The highest BCUT2D eigenvalue weighted by Crippen LogP contribution is 2.66. The summed E-state index contributed by atoms with van der Waals surface area (Å²) >= 11 is 0. The lowest BCUT2D eigenvalue weighted by Crippen LogP contribution is -2.29. The Kier molecular flexibility index (Phi) is 5.02. The van der Waals surface area contributed by atoms with Gasteiger partial charge in [-0.25, -0.2) is 14.4 Å². The number of primary amides is 1. The average molecular weight is 458 g/mol. The number of alkyl halides is 3. The van der Waals surface area contributed by atoms with Crippen LogP contribution in [0.5, 0.6) is 0 Å². The molecule has 1 aliphatic heterocycles. The first-order chi connectivity index (χ1) is 15.7. The van der Waals surface area contributed by atoms with Gasteiger partial charge in [0.05, 0.1) is 11.1 Å². The fourth-order valence-corrected chi connectivity index (χ4v) is 5.33. The lowest BCUT2D eigenvalue weighted by molar-refractivity contribution is -0.140. The molecule has 1 aliphatic carbocycles. The largest absolute Gasteiger partial charge is 0.419 e. The Balaban J connectivity index is 1.41. The number of hydrogen-bond acceptors (Lipinski definition) is 4. The highest BCUT2D eigenvalue weighted by molar-refractivity contribution is 5.78. The summed E-state index contributed by atoms with van der Waals surface area (Å²) in [6.45, 7) is 0.972. The zero-order valence-corrected chi connectivity index (χ0v) is 17.6. The van der Waals surface area contributed by atoms with Crippen LogP contribution in [0.1, 0.15) is 36.6 Å². The SMILES string of the molecule is NC(=O)CC1([C@H]2CCN(c3ccc(F)c(C(F)(F)F)c3)C2)CC1c1ncc2ccccc2n1. The summed E-state index contributed by atoms with van der Waals surface area (Å²) < 4.78 is 53.2. The molecule has 1 saturated carbocycles. The third-order valence-corrected chi connectivity index (χ3v) is 7.06. The molecule has 9 heteroatoms. The Labute approximate surface area is 187 Å².